The molecule has 2 saturated carbocycles. The van der Waals surface area contributed by atoms with Crippen molar-refractivity contribution in [1.82, 2.24) is 0 Å². The Bertz CT molecular complexity index is 332. The normalized spacial score (nSPS) is 54.6. The first-order valence-corrected chi connectivity index (χ1v) is 14.3. The average Bonchev–Trinajstić information content (AvgIpc) is 2.76. The van der Waals surface area contributed by atoms with Gasteiger partial charge in [-0.05, 0) is 0 Å². The van der Waals surface area contributed by atoms with E-state index in [1.54, 1.807) is 0 Å². The number of unbranched alkanes of at least 4 members (excludes halogenated alkanes) is 1. The molecule has 1 spiro atoms. The van der Waals surface area contributed by atoms with E-state index >= 15 is 0 Å². The molecular formula is C14H25ClOTe. The zero-order valence-corrected chi connectivity index (χ0v) is 14.4. The van der Waals surface area contributed by atoms with E-state index in [1.165, 1.54) is 41.0 Å². The molecule has 2 aliphatic carbocycles. The minimum atomic E-state index is -2.46. The summed E-state index contributed by atoms with van der Waals surface area (Å²) in [7, 11) is 6.93. The van der Waals surface area contributed by atoms with Gasteiger partial charge in [0.2, 0.25) is 0 Å². The average molecular weight is 372 g/mol. The van der Waals surface area contributed by atoms with Crippen LogP contribution in [-0.4, -0.2) is 23.6 Å². The van der Waals surface area contributed by atoms with Crippen molar-refractivity contribution < 1.29 is 3.10 Å². The van der Waals surface area contributed by atoms with E-state index in [-0.39, 0.29) is 0 Å². The fourth-order valence-corrected chi connectivity index (χ4v) is 16.3. The molecule has 1 nitrogen and oxygen atoms in total. The first-order valence-electron chi connectivity index (χ1n) is 7.10. The molecule has 3 aliphatic rings. The van der Waals surface area contributed by atoms with Gasteiger partial charge in [0.15, 0.2) is 0 Å². The van der Waals surface area contributed by atoms with Crippen LogP contribution in [0.2, 0.25) is 8.94 Å². The molecule has 3 rings (SSSR count). The van der Waals surface area contributed by atoms with Gasteiger partial charge in [0, 0.05) is 0 Å². The summed E-state index contributed by atoms with van der Waals surface area (Å²) in [5.74, 6) is 0.905. The Morgan fingerprint density at radius 2 is 2.18 bits per heavy atom. The molecule has 0 amide bonds. The van der Waals surface area contributed by atoms with Crippen molar-refractivity contribution in [1.29, 1.82) is 0 Å². The second-order valence-electron chi connectivity index (χ2n) is 6.86. The molecule has 1 heterocycles. The van der Waals surface area contributed by atoms with Gasteiger partial charge in [-0.2, -0.15) is 0 Å². The molecule has 0 aromatic carbocycles. The topological polar surface area (TPSA) is 9.23 Å². The van der Waals surface area contributed by atoms with Gasteiger partial charge >= 0.3 is 114 Å². The van der Waals surface area contributed by atoms with E-state index in [4.69, 9.17) is 12.1 Å². The predicted octanol–water partition coefficient (Wildman–Crippen LogP) is 4.69. The maximum atomic E-state index is 6.93. The maximum absolute atomic E-state index is 6.93. The van der Waals surface area contributed by atoms with Crippen LogP contribution < -0.4 is 0 Å². The third-order valence-electron chi connectivity index (χ3n) is 5.92. The molecular weight excluding hydrogens is 347 g/mol. The molecule has 0 radical (unpaired) electrons. The van der Waals surface area contributed by atoms with Crippen molar-refractivity contribution in [3.63, 3.8) is 0 Å². The quantitative estimate of drug-likeness (QED) is 0.653. The van der Waals surface area contributed by atoms with Crippen LogP contribution in [0.15, 0.2) is 0 Å². The summed E-state index contributed by atoms with van der Waals surface area (Å²) in [6.07, 6.45) is 7.19. The van der Waals surface area contributed by atoms with Crippen LogP contribution in [0.25, 0.3) is 0 Å². The summed E-state index contributed by atoms with van der Waals surface area (Å²) in [4.78, 5) is 0. The third kappa shape index (κ3) is 1.67. The van der Waals surface area contributed by atoms with Gasteiger partial charge in [-0.1, -0.05) is 0 Å². The van der Waals surface area contributed by atoms with Gasteiger partial charge in [0.25, 0.3) is 0 Å². The molecule has 0 N–H and O–H groups in total. The summed E-state index contributed by atoms with van der Waals surface area (Å²) >= 11 is -2.46. The number of rotatable bonds is 3. The molecule has 1 saturated heterocycles. The molecule has 100 valence electrons. The van der Waals surface area contributed by atoms with E-state index < -0.39 is 17.5 Å². The molecule has 4 atom stereocenters. The van der Waals surface area contributed by atoms with Gasteiger partial charge in [0.1, 0.15) is 0 Å². The number of hydrogen-bond acceptors (Lipinski definition) is 1. The Morgan fingerprint density at radius 1 is 1.41 bits per heavy atom. The monoisotopic (exact) mass is 374 g/mol. The van der Waals surface area contributed by atoms with E-state index in [0.29, 0.717) is 16.9 Å². The summed E-state index contributed by atoms with van der Waals surface area (Å²) in [5.41, 5.74) is 0.973. The third-order valence-corrected chi connectivity index (χ3v) is 15.1. The van der Waals surface area contributed by atoms with Crippen molar-refractivity contribution in [3.05, 3.63) is 0 Å². The fraction of sp³-hybridized carbons (Fsp3) is 1.00. The molecule has 0 aromatic heterocycles. The zero-order chi connectivity index (χ0) is 12.3. The van der Waals surface area contributed by atoms with Crippen molar-refractivity contribution in [2.75, 3.05) is 0 Å². The summed E-state index contributed by atoms with van der Waals surface area (Å²) in [5, 5.41) is 0. The Kier molecular flexibility index (Phi) is 3.08. The molecule has 2 bridgehead atoms. The minimum absolute atomic E-state index is 0.480. The Hall–Kier alpha value is 1.04. The standard InChI is InChI=1S/C14H25ClOTe/c1-4-5-8-17(15)10-14-7-6-11(13(14,2)3)9-12(14)16-17/h11-12H,4-10H2,1-3H3/t11-,12-,14-/m1/s1. The van der Waals surface area contributed by atoms with Gasteiger partial charge in [-0.25, -0.2) is 0 Å². The van der Waals surface area contributed by atoms with E-state index in [9.17, 15) is 0 Å². The molecule has 3 heteroatoms. The first-order chi connectivity index (χ1) is 7.94. The number of fused-ring (bicyclic) bond motifs is 1. The van der Waals surface area contributed by atoms with Crippen molar-refractivity contribution in [2.24, 2.45) is 16.7 Å². The molecule has 17 heavy (non-hydrogen) atoms. The Labute approximate surface area is 114 Å². The fourth-order valence-electron chi connectivity index (χ4n) is 4.58. The van der Waals surface area contributed by atoms with Gasteiger partial charge in [-0.15, -0.1) is 0 Å². The van der Waals surface area contributed by atoms with Crippen molar-refractivity contribution >= 4 is 26.4 Å². The van der Waals surface area contributed by atoms with Crippen molar-refractivity contribution in [3.8, 4) is 0 Å². The van der Waals surface area contributed by atoms with Crippen LogP contribution in [-0.2, 0) is 3.10 Å². The van der Waals surface area contributed by atoms with Crippen LogP contribution in [0, 0.1) is 16.7 Å². The summed E-state index contributed by atoms with van der Waals surface area (Å²) in [6.45, 7) is 7.23. The summed E-state index contributed by atoms with van der Waals surface area (Å²) < 4.78 is 9.00. The SMILES string of the molecule is CCCC[Te]1(Cl)C[C@]23CC[C@H](C[C@H]2O1)C3(C)C. The molecule has 1 unspecified atom stereocenters. The van der Waals surface area contributed by atoms with E-state index in [0.717, 1.165) is 5.92 Å². The summed E-state index contributed by atoms with van der Waals surface area (Å²) in [6, 6.07) is 0. The molecule has 1 aliphatic heterocycles. The first kappa shape index (κ1) is 13.0. The van der Waals surface area contributed by atoms with Crippen LogP contribution in [0.3, 0.4) is 0 Å². The van der Waals surface area contributed by atoms with E-state index in [1.807, 2.05) is 0 Å². The van der Waals surface area contributed by atoms with Crippen LogP contribution >= 0.6 is 8.96 Å². The second kappa shape index (κ2) is 4.02. The second-order valence-corrected chi connectivity index (χ2v) is 17.3. The zero-order valence-electron chi connectivity index (χ0n) is 11.3. The predicted molar refractivity (Wildman–Crippen MR) is 74.6 cm³/mol. The van der Waals surface area contributed by atoms with E-state index in [2.05, 4.69) is 20.8 Å². The van der Waals surface area contributed by atoms with Gasteiger partial charge in [-0.3, -0.25) is 0 Å². The van der Waals surface area contributed by atoms with Gasteiger partial charge < -0.3 is 0 Å². The van der Waals surface area contributed by atoms with Gasteiger partial charge in [0.05, 0.1) is 0 Å². The van der Waals surface area contributed by atoms with Crippen molar-refractivity contribution in [2.45, 2.75) is 67.9 Å². The number of hydrogen-bond donors (Lipinski definition) is 0. The number of halogens is 1. The van der Waals surface area contributed by atoms with Crippen LogP contribution in [0.1, 0.15) is 52.9 Å². The van der Waals surface area contributed by atoms with Crippen LogP contribution in [0.5, 0.6) is 0 Å². The Morgan fingerprint density at radius 3 is 2.76 bits per heavy atom. The van der Waals surface area contributed by atoms with Crippen LogP contribution in [0.4, 0.5) is 0 Å². The molecule has 3 fully saturated rings. The molecule has 0 aromatic rings. The Balaban J connectivity index is 1.83.